The molecule has 1 aliphatic carbocycles. The van der Waals surface area contributed by atoms with E-state index < -0.39 is 0 Å². The molecular formula is C7H13OZn-. The summed E-state index contributed by atoms with van der Waals surface area (Å²) in [6, 6.07) is 0. The third kappa shape index (κ3) is 8.58. The number of hydrogen-bond acceptors (Lipinski definition) is 1. The van der Waals surface area contributed by atoms with E-state index in [1.54, 1.807) is 0 Å². The summed E-state index contributed by atoms with van der Waals surface area (Å²) in [5.74, 6) is 0. The fraction of sp³-hybridized carbons (Fsp3) is 0.857. The summed E-state index contributed by atoms with van der Waals surface area (Å²) < 4.78 is 4.94. The van der Waals surface area contributed by atoms with E-state index in [-0.39, 0.29) is 19.5 Å². The third-order valence-electron chi connectivity index (χ3n) is 1.12. The van der Waals surface area contributed by atoms with E-state index in [0.717, 1.165) is 13.2 Å². The van der Waals surface area contributed by atoms with Gasteiger partial charge in [-0.2, -0.15) is 0 Å². The second-order valence-electron chi connectivity index (χ2n) is 2.19. The van der Waals surface area contributed by atoms with Gasteiger partial charge in [-0.3, -0.25) is 0 Å². The van der Waals surface area contributed by atoms with Crippen LogP contribution in [0.1, 0.15) is 25.7 Å². The van der Waals surface area contributed by atoms with Crippen LogP contribution in [0.3, 0.4) is 0 Å². The van der Waals surface area contributed by atoms with Crippen LogP contribution in [-0.4, -0.2) is 13.2 Å². The summed E-state index contributed by atoms with van der Waals surface area (Å²) in [5.41, 5.74) is 0. The summed E-state index contributed by atoms with van der Waals surface area (Å²) in [6.07, 6.45) is 7.56. The van der Waals surface area contributed by atoms with E-state index in [4.69, 9.17) is 4.74 Å². The van der Waals surface area contributed by atoms with Gasteiger partial charge in [0, 0.05) is 32.7 Å². The number of ether oxygens (including phenoxy) is 1. The zero-order valence-corrected chi connectivity index (χ0v) is 8.90. The van der Waals surface area contributed by atoms with Crippen LogP contribution in [0.5, 0.6) is 0 Å². The van der Waals surface area contributed by atoms with Crippen molar-refractivity contribution in [2.24, 2.45) is 0 Å². The fourth-order valence-corrected chi connectivity index (χ4v) is 0.510. The fourth-order valence-electron chi connectivity index (χ4n) is 0.510. The van der Waals surface area contributed by atoms with Crippen molar-refractivity contribution in [3.8, 4) is 0 Å². The molecule has 2 rings (SSSR count). The van der Waals surface area contributed by atoms with Gasteiger partial charge in [0.05, 0.1) is 0 Å². The third-order valence-corrected chi connectivity index (χ3v) is 1.12. The molecule has 0 N–H and O–H groups in total. The molecule has 2 heteroatoms. The molecule has 50 valence electrons. The van der Waals surface area contributed by atoms with Crippen molar-refractivity contribution >= 4 is 0 Å². The number of hydrogen-bond donors (Lipinski definition) is 0. The van der Waals surface area contributed by atoms with Gasteiger partial charge in [-0.05, 0) is 12.8 Å². The van der Waals surface area contributed by atoms with Crippen LogP contribution in [0.4, 0.5) is 0 Å². The predicted molar refractivity (Wildman–Crippen MR) is 33.6 cm³/mol. The Hall–Kier alpha value is 0.583. The Labute approximate surface area is 69.9 Å². The molecule has 1 aliphatic heterocycles. The maximum atomic E-state index is 4.94. The molecule has 1 saturated carbocycles. The van der Waals surface area contributed by atoms with Gasteiger partial charge >= 0.3 is 0 Å². The van der Waals surface area contributed by atoms with E-state index in [0.29, 0.717) is 0 Å². The minimum absolute atomic E-state index is 0. The Morgan fingerprint density at radius 3 is 1.56 bits per heavy atom. The molecule has 0 aromatic rings. The molecule has 2 aliphatic rings. The van der Waals surface area contributed by atoms with Crippen molar-refractivity contribution in [2.75, 3.05) is 13.2 Å². The van der Waals surface area contributed by atoms with E-state index >= 15 is 0 Å². The van der Waals surface area contributed by atoms with Gasteiger partial charge in [0.15, 0.2) is 0 Å². The van der Waals surface area contributed by atoms with Crippen LogP contribution in [0.2, 0.25) is 0 Å². The van der Waals surface area contributed by atoms with Crippen molar-refractivity contribution < 1.29 is 24.2 Å². The molecule has 0 spiro atoms. The standard InChI is InChI=1S/C4H8O.C3H5.Zn/c1-2-4-5-3-1;1-2-3-1;/h1-4H2;1H,2-3H2;/q;-1;. The monoisotopic (exact) mass is 177 g/mol. The summed E-state index contributed by atoms with van der Waals surface area (Å²) in [5, 5.41) is 0. The molecule has 0 radical (unpaired) electrons. The maximum absolute atomic E-state index is 4.94. The molecule has 1 heterocycles. The molecule has 9 heavy (non-hydrogen) atoms. The predicted octanol–water partition coefficient (Wildman–Crippen LogP) is 1.78. The van der Waals surface area contributed by atoms with Crippen LogP contribution in [-0.2, 0) is 24.2 Å². The van der Waals surface area contributed by atoms with Crippen molar-refractivity contribution in [1.29, 1.82) is 0 Å². The minimum atomic E-state index is 0. The van der Waals surface area contributed by atoms with Crippen LogP contribution >= 0.6 is 0 Å². The van der Waals surface area contributed by atoms with Gasteiger partial charge in [0.25, 0.3) is 0 Å². The number of rotatable bonds is 0. The van der Waals surface area contributed by atoms with Crippen molar-refractivity contribution in [2.45, 2.75) is 25.7 Å². The largest absolute Gasteiger partial charge is 0.381 e. The first-order chi connectivity index (χ1) is 4.00. The van der Waals surface area contributed by atoms with Crippen LogP contribution in [0.25, 0.3) is 0 Å². The molecule has 0 aromatic carbocycles. The molecule has 0 aromatic heterocycles. The summed E-state index contributed by atoms with van der Waals surface area (Å²) in [4.78, 5) is 0. The Morgan fingerprint density at radius 1 is 1.00 bits per heavy atom. The quantitative estimate of drug-likeness (QED) is 0.406. The topological polar surface area (TPSA) is 9.23 Å². The Bertz CT molecular complexity index is 40.5. The smallest absolute Gasteiger partial charge is 0.0466 e. The first kappa shape index (κ1) is 9.58. The molecule has 2 fully saturated rings. The Balaban J connectivity index is 0.000000140. The van der Waals surface area contributed by atoms with Gasteiger partial charge in [-0.1, -0.05) is 0 Å². The van der Waals surface area contributed by atoms with Gasteiger partial charge in [0.2, 0.25) is 0 Å². The molecule has 0 bridgehead atoms. The zero-order valence-electron chi connectivity index (χ0n) is 5.94. The summed E-state index contributed by atoms with van der Waals surface area (Å²) in [7, 11) is 0. The van der Waals surface area contributed by atoms with Gasteiger partial charge in [-0.25, -0.2) is 12.8 Å². The average molecular weight is 179 g/mol. The molecule has 0 atom stereocenters. The van der Waals surface area contributed by atoms with Crippen molar-refractivity contribution in [3.63, 3.8) is 0 Å². The van der Waals surface area contributed by atoms with Crippen molar-refractivity contribution in [1.82, 2.24) is 0 Å². The van der Waals surface area contributed by atoms with Crippen LogP contribution in [0.15, 0.2) is 0 Å². The maximum Gasteiger partial charge on any atom is 0.0466 e. The molecule has 0 amide bonds. The second-order valence-corrected chi connectivity index (χ2v) is 2.19. The van der Waals surface area contributed by atoms with E-state index in [1.807, 2.05) is 0 Å². The van der Waals surface area contributed by atoms with Crippen LogP contribution in [0, 0.1) is 6.42 Å². The normalized spacial score (nSPS) is 21.3. The van der Waals surface area contributed by atoms with E-state index in [2.05, 4.69) is 6.42 Å². The SMILES string of the molecule is C1CCOC1.[CH-]1CC1.[Zn]. The first-order valence-corrected chi connectivity index (χ1v) is 3.39. The molecule has 1 nitrogen and oxygen atoms in total. The Morgan fingerprint density at radius 2 is 1.44 bits per heavy atom. The van der Waals surface area contributed by atoms with Gasteiger partial charge in [-0.15, -0.1) is 0 Å². The van der Waals surface area contributed by atoms with Gasteiger partial charge in [0.1, 0.15) is 0 Å². The molecular weight excluding hydrogens is 165 g/mol. The second kappa shape index (κ2) is 6.70. The molecule has 1 saturated heterocycles. The van der Waals surface area contributed by atoms with E-state index in [1.165, 1.54) is 25.7 Å². The molecule has 0 unspecified atom stereocenters. The summed E-state index contributed by atoms with van der Waals surface area (Å²) >= 11 is 0. The zero-order chi connectivity index (χ0) is 5.66. The van der Waals surface area contributed by atoms with Crippen LogP contribution < -0.4 is 0 Å². The Kier molecular flexibility index (Phi) is 7.13. The average Bonchev–Trinajstić information content (AvgIpc) is 2.55. The van der Waals surface area contributed by atoms with Gasteiger partial charge < -0.3 is 11.2 Å². The minimum Gasteiger partial charge on any atom is -0.381 e. The summed E-state index contributed by atoms with van der Waals surface area (Å²) in [6.45, 7) is 2.00. The first-order valence-electron chi connectivity index (χ1n) is 3.39. The van der Waals surface area contributed by atoms with Crippen molar-refractivity contribution in [3.05, 3.63) is 6.42 Å². The van der Waals surface area contributed by atoms with E-state index in [9.17, 15) is 0 Å².